The van der Waals surface area contributed by atoms with Crippen molar-refractivity contribution in [2.45, 2.75) is 25.8 Å². The standard InChI is InChI=1S/C11H17N3O/c1-8-6-13-7-10(8)11(15)14-4-2-3-9(14)5-12/h6-7,9,13H,2-5,12H2,1H3. The molecule has 3 N–H and O–H groups in total. The molecule has 1 aliphatic heterocycles. The molecule has 1 atom stereocenters. The summed E-state index contributed by atoms with van der Waals surface area (Å²) in [6, 6.07) is 0.229. The molecule has 0 saturated carbocycles. The lowest BCUT2D eigenvalue weighted by Gasteiger charge is -2.23. The molecule has 0 aliphatic carbocycles. The molecule has 1 aliphatic rings. The van der Waals surface area contributed by atoms with E-state index in [0.29, 0.717) is 6.54 Å². The number of rotatable bonds is 2. The van der Waals surface area contributed by atoms with Crippen LogP contribution in [0.15, 0.2) is 12.4 Å². The molecule has 1 amide bonds. The predicted molar refractivity (Wildman–Crippen MR) is 58.6 cm³/mol. The van der Waals surface area contributed by atoms with E-state index in [-0.39, 0.29) is 11.9 Å². The van der Waals surface area contributed by atoms with Crippen LogP contribution in [-0.2, 0) is 0 Å². The summed E-state index contributed by atoms with van der Waals surface area (Å²) in [5, 5.41) is 0. The summed E-state index contributed by atoms with van der Waals surface area (Å²) < 4.78 is 0. The summed E-state index contributed by atoms with van der Waals surface area (Å²) in [6.45, 7) is 3.35. The zero-order valence-corrected chi connectivity index (χ0v) is 8.99. The number of aryl methyl sites for hydroxylation is 1. The van der Waals surface area contributed by atoms with E-state index in [2.05, 4.69) is 4.98 Å². The van der Waals surface area contributed by atoms with Gasteiger partial charge in [0, 0.05) is 31.5 Å². The van der Waals surface area contributed by atoms with E-state index < -0.39 is 0 Å². The second kappa shape index (κ2) is 4.06. The van der Waals surface area contributed by atoms with Crippen molar-refractivity contribution in [3.8, 4) is 0 Å². The fourth-order valence-electron chi connectivity index (χ4n) is 2.17. The molecule has 1 unspecified atom stereocenters. The van der Waals surface area contributed by atoms with Crippen molar-refractivity contribution >= 4 is 5.91 Å². The Hall–Kier alpha value is -1.29. The molecule has 4 heteroatoms. The Kier molecular flexibility index (Phi) is 2.77. The van der Waals surface area contributed by atoms with Gasteiger partial charge in [0.1, 0.15) is 0 Å². The van der Waals surface area contributed by atoms with Crippen LogP contribution in [0.4, 0.5) is 0 Å². The number of nitrogens with zero attached hydrogens (tertiary/aromatic N) is 1. The van der Waals surface area contributed by atoms with Crippen molar-refractivity contribution in [3.05, 3.63) is 23.5 Å². The van der Waals surface area contributed by atoms with Gasteiger partial charge in [0.25, 0.3) is 5.91 Å². The van der Waals surface area contributed by atoms with Crippen molar-refractivity contribution in [3.63, 3.8) is 0 Å². The number of hydrogen-bond donors (Lipinski definition) is 2. The van der Waals surface area contributed by atoms with Gasteiger partial charge in [0.2, 0.25) is 0 Å². The Morgan fingerprint density at radius 3 is 3.07 bits per heavy atom. The molecule has 0 radical (unpaired) electrons. The number of H-pyrrole nitrogens is 1. The summed E-state index contributed by atoms with van der Waals surface area (Å²) >= 11 is 0. The quantitative estimate of drug-likeness (QED) is 0.756. The van der Waals surface area contributed by atoms with Crippen molar-refractivity contribution in [2.75, 3.05) is 13.1 Å². The molecule has 2 rings (SSSR count). The van der Waals surface area contributed by atoms with Crippen LogP contribution < -0.4 is 5.73 Å². The Bertz CT molecular complexity index is 358. The minimum absolute atomic E-state index is 0.113. The van der Waals surface area contributed by atoms with E-state index in [9.17, 15) is 4.79 Å². The molecule has 1 aromatic rings. The third kappa shape index (κ3) is 1.77. The SMILES string of the molecule is Cc1c[nH]cc1C(=O)N1CCCC1CN. The average molecular weight is 207 g/mol. The first kappa shape index (κ1) is 10.2. The van der Waals surface area contributed by atoms with Gasteiger partial charge in [-0.05, 0) is 25.3 Å². The number of likely N-dealkylation sites (tertiary alicyclic amines) is 1. The van der Waals surface area contributed by atoms with E-state index >= 15 is 0 Å². The maximum Gasteiger partial charge on any atom is 0.255 e. The molecule has 2 heterocycles. The van der Waals surface area contributed by atoms with Crippen molar-refractivity contribution in [1.82, 2.24) is 9.88 Å². The van der Waals surface area contributed by atoms with E-state index in [0.717, 1.165) is 30.5 Å². The average Bonchev–Trinajstić information content (AvgIpc) is 2.84. The highest BCUT2D eigenvalue weighted by molar-refractivity contribution is 5.95. The number of carbonyl (C=O) groups is 1. The van der Waals surface area contributed by atoms with Gasteiger partial charge in [-0.1, -0.05) is 0 Å². The van der Waals surface area contributed by atoms with Gasteiger partial charge in [0.15, 0.2) is 0 Å². The van der Waals surface area contributed by atoms with Crippen molar-refractivity contribution in [2.24, 2.45) is 5.73 Å². The van der Waals surface area contributed by atoms with Gasteiger partial charge in [-0.3, -0.25) is 4.79 Å². The topological polar surface area (TPSA) is 62.1 Å². The Morgan fingerprint density at radius 1 is 1.67 bits per heavy atom. The van der Waals surface area contributed by atoms with Crippen LogP contribution in [-0.4, -0.2) is 34.9 Å². The van der Waals surface area contributed by atoms with E-state index in [1.54, 1.807) is 6.20 Å². The minimum Gasteiger partial charge on any atom is -0.367 e. The molecule has 1 saturated heterocycles. The molecule has 1 aromatic heterocycles. The van der Waals surface area contributed by atoms with Crippen LogP contribution in [0.1, 0.15) is 28.8 Å². The fourth-order valence-corrected chi connectivity index (χ4v) is 2.17. The lowest BCUT2D eigenvalue weighted by Crippen LogP contribution is -2.40. The summed E-state index contributed by atoms with van der Waals surface area (Å²) in [5.74, 6) is 0.113. The van der Waals surface area contributed by atoms with Crippen molar-refractivity contribution < 1.29 is 4.79 Å². The zero-order valence-electron chi connectivity index (χ0n) is 8.99. The first-order chi connectivity index (χ1) is 7.24. The van der Waals surface area contributed by atoms with Crippen LogP contribution in [0.2, 0.25) is 0 Å². The number of nitrogens with one attached hydrogen (secondary N) is 1. The van der Waals surface area contributed by atoms with Gasteiger partial charge in [-0.25, -0.2) is 0 Å². The lowest BCUT2D eigenvalue weighted by atomic mass is 10.1. The summed E-state index contributed by atoms with van der Waals surface area (Å²) in [5.41, 5.74) is 7.43. The summed E-state index contributed by atoms with van der Waals surface area (Å²) in [4.78, 5) is 17.0. The normalized spacial score (nSPS) is 20.9. The molecule has 4 nitrogen and oxygen atoms in total. The minimum atomic E-state index is 0.113. The zero-order chi connectivity index (χ0) is 10.8. The summed E-state index contributed by atoms with van der Waals surface area (Å²) in [7, 11) is 0. The van der Waals surface area contributed by atoms with Crippen LogP contribution in [0.5, 0.6) is 0 Å². The lowest BCUT2D eigenvalue weighted by molar-refractivity contribution is 0.0741. The third-order valence-electron chi connectivity index (χ3n) is 3.09. The van der Waals surface area contributed by atoms with E-state index in [1.165, 1.54) is 0 Å². The van der Waals surface area contributed by atoms with Gasteiger partial charge in [-0.15, -0.1) is 0 Å². The van der Waals surface area contributed by atoms with Gasteiger partial charge >= 0.3 is 0 Å². The maximum absolute atomic E-state index is 12.1. The monoisotopic (exact) mass is 207 g/mol. The van der Waals surface area contributed by atoms with Gasteiger partial charge < -0.3 is 15.6 Å². The second-order valence-electron chi connectivity index (χ2n) is 4.08. The molecular weight excluding hydrogens is 190 g/mol. The van der Waals surface area contributed by atoms with Gasteiger partial charge in [0.05, 0.1) is 5.56 Å². The third-order valence-corrected chi connectivity index (χ3v) is 3.09. The number of hydrogen-bond acceptors (Lipinski definition) is 2. The number of nitrogens with two attached hydrogens (primary N) is 1. The molecular formula is C11H17N3O. The first-order valence-corrected chi connectivity index (χ1v) is 5.38. The Morgan fingerprint density at radius 2 is 2.47 bits per heavy atom. The number of amides is 1. The van der Waals surface area contributed by atoms with Gasteiger partial charge in [-0.2, -0.15) is 0 Å². The highest BCUT2D eigenvalue weighted by atomic mass is 16.2. The molecule has 15 heavy (non-hydrogen) atoms. The van der Waals surface area contributed by atoms with E-state index in [1.807, 2.05) is 18.0 Å². The molecule has 82 valence electrons. The number of carbonyl (C=O) groups excluding carboxylic acids is 1. The highest BCUT2D eigenvalue weighted by Gasteiger charge is 2.29. The Balaban J connectivity index is 2.18. The van der Waals surface area contributed by atoms with Crippen molar-refractivity contribution in [1.29, 1.82) is 0 Å². The summed E-state index contributed by atoms with van der Waals surface area (Å²) in [6.07, 6.45) is 5.72. The molecule has 0 aromatic carbocycles. The molecule has 0 bridgehead atoms. The van der Waals surface area contributed by atoms with Crippen LogP contribution in [0.3, 0.4) is 0 Å². The first-order valence-electron chi connectivity index (χ1n) is 5.38. The van der Waals surface area contributed by atoms with Crippen LogP contribution >= 0.6 is 0 Å². The fraction of sp³-hybridized carbons (Fsp3) is 0.545. The largest absolute Gasteiger partial charge is 0.367 e. The molecule has 1 fully saturated rings. The van der Waals surface area contributed by atoms with E-state index in [4.69, 9.17) is 5.73 Å². The number of aromatic nitrogens is 1. The van der Waals surface area contributed by atoms with Crippen LogP contribution in [0, 0.1) is 6.92 Å². The molecule has 0 spiro atoms. The number of aromatic amines is 1. The Labute approximate surface area is 89.5 Å². The smallest absolute Gasteiger partial charge is 0.255 e. The second-order valence-corrected chi connectivity index (χ2v) is 4.08. The predicted octanol–water partition coefficient (Wildman–Crippen LogP) is 0.886. The van der Waals surface area contributed by atoms with Crippen LogP contribution in [0.25, 0.3) is 0 Å². The maximum atomic E-state index is 12.1. The highest BCUT2D eigenvalue weighted by Crippen LogP contribution is 2.20.